The van der Waals surface area contributed by atoms with Crippen LogP contribution in [0.2, 0.25) is 0 Å². The van der Waals surface area contributed by atoms with Crippen molar-refractivity contribution in [1.29, 1.82) is 0 Å². The van der Waals surface area contributed by atoms with Gasteiger partial charge in [-0.15, -0.1) is 0 Å². The summed E-state index contributed by atoms with van der Waals surface area (Å²) in [4.78, 5) is 14.7. The van der Waals surface area contributed by atoms with Gasteiger partial charge in [-0.25, -0.2) is 14.2 Å². The molecule has 0 aliphatic rings. The minimum atomic E-state index is -4.58. The average molecular weight is 302 g/mol. The van der Waals surface area contributed by atoms with Crippen molar-refractivity contribution in [1.82, 2.24) is 9.55 Å². The number of esters is 1. The molecule has 0 bridgehead atoms. The standard InChI is InChI=1S/C13H10F4N2O2/c1-19-6-10(13(15,16)17)18-11(19)7-3-4-8(9(14)5-7)12(20)21-2/h3-6H,1-2H3. The summed E-state index contributed by atoms with van der Waals surface area (Å²) in [5, 5.41) is 0. The summed E-state index contributed by atoms with van der Waals surface area (Å²) in [6.07, 6.45) is -3.78. The van der Waals surface area contributed by atoms with Crippen molar-refractivity contribution in [3.05, 3.63) is 41.5 Å². The summed E-state index contributed by atoms with van der Waals surface area (Å²) in [5.41, 5.74) is -1.25. The maximum atomic E-state index is 13.8. The molecule has 0 fully saturated rings. The minimum Gasteiger partial charge on any atom is -0.465 e. The predicted octanol–water partition coefficient (Wildman–Crippen LogP) is 3.03. The van der Waals surface area contributed by atoms with Crippen LogP contribution < -0.4 is 0 Å². The molecule has 0 aliphatic heterocycles. The van der Waals surface area contributed by atoms with E-state index in [0.717, 1.165) is 30.0 Å². The maximum absolute atomic E-state index is 13.8. The number of imidazole rings is 1. The van der Waals surface area contributed by atoms with Crippen LogP contribution in [0.5, 0.6) is 0 Å². The van der Waals surface area contributed by atoms with Gasteiger partial charge < -0.3 is 9.30 Å². The number of aryl methyl sites for hydroxylation is 1. The van der Waals surface area contributed by atoms with E-state index < -0.39 is 23.7 Å². The Kier molecular flexibility index (Phi) is 3.71. The van der Waals surface area contributed by atoms with Gasteiger partial charge in [-0.3, -0.25) is 0 Å². The van der Waals surface area contributed by atoms with Gasteiger partial charge in [0.1, 0.15) is 11.6 Å². The molecule has 2 aromatic rings. The number of ether oxygens (including phenoxy) is 1. The summed E-state index contributed by atoms with van der Waals surface area (Å²) < 4.78 is 57.0. The number of halogens is 4. The third-order valence-corrected chi connectivity index (χ3v) is 2.80. The lowest BCUT2D eigenvalue weighted by Crippen LogP contribution is -2.05. The lowest BCUT2D eigenvalue weighted by atomic mass is 10.1. The molecule has 0 radical (unpaired) electrons. The minimum absolute atomic E-state index is 0.0577. The molecule has 0 N–H and O–H groups in total. The maximum Gasteiger partial charge on any atom is 0.434 e. The highest BCUT2D eigenvalue weighted by Crippen LogP contribution is 2.31. The van der Waals surface area contributed by atoms with Crippen LogP contribution in [0.4, 0.5) is 17.6 Å². The average Bonchev–Trinajstić information content (AvgIpc) is 2.80. The fraction of sp³-hybridized carbons (Fsp3) is 0.231. The summed E-state index contributed by atoms with van der Waals surface area (Å²) in [6.45, 7) is 0. The number of nitrogens with zero attached hydrogens (tertiary/aromatic N) is 2. The Hall–Kier alpha value is -2.38. The zero-order valence-corrected chi connectivity index (χ0v) is 11.0. The van der Waals surface area contributed by atoms with Crippen molar-refractivity contribution in [2.45, 2.75) is 6.18 Å². The molecule has 1 aromatic heterocycles. The van der Waals surface area contributed by atoms with E-state index in [0.29, 0.717) is 0 Å². The van der Waals surface area contributed by atoms with E-state index in [1.807, 2.05) is 0 Å². The molecule has 1 aromatic carbocycles. The Morgan fingerprint density at radius 1 is 1.33 bits per heavy atom. The summed E-state index contributed by atoms with van der Waals surface area (Å²) in [5.74, 6) is -1.82. The number of aromatic nitrogens is 2. The largest absolute Gasteiger partial charge is 0.465 e. The molecule has 8 heteroatoms. The Morgan fingerprint density at radius 3 is 2.48 bits per heavy atom. The fourth-order valence-electron chi connectivity index (χ4n) is 1.80. The second-order valence-corrected chi connectivity index (χ2v) is 4.24. The van der Waals surface area contributed by atoms with Crippen LogP contribution in [0.15, 0.2) is 24.4 Å². The second-order valence-electron chi connectivity index (χ2n) is 4.24. The second kappa shape index (κ2) is 5.19. The van der Waals surface area contributed by atoms with Crippen LogP contribution in [0.1, 0.15) is 16.1 Å². The number of hydrogen-bond donors (Lipinski definition) is 0. The Bertz CT molecular complexity index is 692. The third kappa shape index (κ3) is 2.88. The molecule has 0 unspecified atom stereocenters. The first-order valence-electron chi connectivity index (χ1n) is 5.73. The van der Waals surface area contributed by atoms with E-state index in [1.165, 1.54) is 13.1 Å². The van der Waals surface area contributed by atoms with E-state index in [-0.39, 0.29) is 17.0 Å². The number of benzene rings is 1. The highest BCUT2D eigenvalue weighted by atomic mass is 19.4. The van der Waals surface area contributed by atoms with Gasteiger partial charge in [-0.1, -0.05) is 6.07 Å². The van der Waals surface area contributed by atoms with Crippen LogP contribution in [0.3, 0.4) is 0 Å². The molecule has 0 amide bonds. The molecule has 21 heavy (non-hydrogen) atoms. The van der Waals surface area contributed by atoms with Crippen molar-refractivity contribution in [3.63, 3.8) is 0 Å². The highest BCUT2D eigenvalue weighted by molar-refractivity contribution is 5.90. The molecular weight excluding hydrogens is 292 g/mol. The molecule has 0 spiro atoms. The van der Waals surface area contributed by atoms with Crippen molar-refractivity contribution < 1.29 is 27.1 Å². The quantitative estimate of drug-likeness (QED) is 0.632. The van der Waals surface area contributed by atoms with E-state index in [9.17, 15) is 22.4 Å². The molecule has 1 heterocycles. The normalized spacial score (nSPS) is 11.5. The van der Waals surface area contributed by atoms with Crippen LogP contribution >= 0.6 is 0 Å². The first-order chi connectivity index (χ1) is 9.74. The van der Waals surface area contributed by atoms with E-state index in [2.05, 4.69) is 9.72 Å². The van der Waals surface area contributed by atoms with Crippen LogP contribution in [0, 0.1) is 5.82 Å². The molecule has 0 saturated carbocycles. The topological polar surface area (TPSA) is 44.1 Å². The van der Waals surface area contributed by atoms with Gasteiger partial charge in [0.25, 0.3) is 0 Å². The van der Waals surface area contributed by atoms with Crippen LogP contribution in [-0.4, -0.2) is 22.6 Å². The molecule has 4 nitrogen and oxygen atoms in total. The molecule has 0 aliphatic carbocycles. The lowest BCUT2D eigenvalue weighted by Gasteiger charge is -2.05. The smallest absolute Gasteiger partial charge is 0.434 e. The third-order valence-electron chi connectivity index (χ3n) is 2.80. The summed E-state index contributed by atoms with van der Waals surface area (Å²) in [6, 6.07) is 3.38. The fourth-order valence-corrected chi connectivity index (χ4v) is 1.80. The highest BCUT2D eigenvalue weighted by Gasteiger charge is 2.34. The molecule has 0 atom stereocenters. The SMILES string of the molecule is COC(=O)c1ccc(-c2nc(C(F)(F)F)cn2C)cc1F. The number of hydrogen-bond acceptors (Lipinski definition) is 3. The van der Waals surface area contributed by atoms with Gasteiger partial charge in [0.15, 0.2) is 5.69 Å². The summed E-state index contributed by atoms with van der Waals surface area (Å²) >= 11 is 0. The van der Waals surface area contributed by atoms with Crippen molar-refractivity contribution in [3.8, 4) is 11.4 Å². The van der Waals surface area contributed by atoms with Crippen molar-refractivity contribution >= 4 is 5.97 Å². The van der Waals surface area contributed by atoms with Gasteiger partial charge in [0.05, 0.1) is 12.7 Å². The lowest BCUT2D eigenvalue weighted by molar-refractivity contribution is -0.140. The number of rotatable bonds is 2. The Morgan fingerprint density at radius 2 is 2.00 bits per heavy atom. The number of carbonyl (C=O) groups excluding carboxylic acids is 1. The van der Waals surface area contributed by atoms with E-state index in [4.69, 9.17) is 0 Å². The Labute approximate surface area is 117 Å². The Balaban J connectivity index is 2.46. The molecule has 0 saturated heterocycles. The van der Waals surface area contributed by atoms with Gasteiger partial charge in [0.2, 0.25) is 0 Å². The first kappa shape index (κ1) is 15.0. The van der Waals surface area contributed by atoms with Gasteiger partial charge in [0, 0.05) is 18.8 Å². The molecule has 112 valence electrons. The predicted molar refractivity (Wildman–Crippen MR) is 64.9 cm³/mol. The van der Waals surface area contributed by atoms with Gasteiger partial charge in [-0.05, 0) is 12.1 Å². The van der Waals surface area contributed by atoms with Gasteiger partial charge >= 0.3 is 12.1 Å². The van der Waals surface area contributed by atoms with Crippen LogP contribution in [-0.2, 0) is 18.0 Å². The van der Waals surface area contributed by atoms with Crippen molar-refractivity contribution in [2.75, 3.05) is 7.11 Å². The zero-order valence-electron chi connectivity index (χ0n) is 11.0. The first-order valence-corrected chi connectivity index (χ1v) is 5.73. The number of methoxy groups -OCH3 is 1. The van der Waals surface area contributed by atoms with E-state index >= 15 is 0 Å². The number of alkyl halides is 3. The van der Waals surface area contributed by atoms with E-state index in [1.54, 1.807) is 0 Å². The monoisotopic (exact) mass is 302 g/mol. The van der Waals surface area contributed by atoms with Gasteiger partial charge in [-0.2, -0.15) is 13.2 Å². The molecule has 2 rings (SSSR count). The van der Waals surface area contributed by atoms with Crippen LogP contribution in [0.25, 0.3) is 11.4 Å². The zero-order chi connectivity index (χ0) is 15.8. The number of carbonyl (C=O) groups is 1. The summed E-state index contributed by atoms with van der Waals surface area (Å²) in [7, 11) is 2.47. The molecular formula is C13H10F4N2O2. The van der Waals surface area contributed by atoms with Crippen molar-refractivity contribution in [2.24, 2.45) is 7.05 Å².